The average Bonchev–Trinajstić information content (AvgIpc) is 2.31. The zero-order valence-corrected chi connectivity index (χ0v) is 14.2. The lowest BCUT2D eigenvalue weighted by atomic mass is 10.3. The van der Waals surface area contributed by atoms with E-state index in [2.05, 4.69) is 43.2 Å². The first-order valence-corrected chi connectivity index (χ1v) is 8.57. The molecule has 0 unspecified atom stereocenters. The summed E-state index contributed by atoms with van der Waals surface area (Å²) in [4.78, 5) is 0.117. The molecule has 2 aromatic rings. The highest BCUT2D eigenvalue weighted by Gasteiger charge is 2.18. The Kier molecular flexibility index (Phi) is 4.36. The van der Waals surface area contributed by atoms with Crippen LogP contribution in [-0.2, 0) is 10.0 Å². The van der Waals surface area contributed by atoms with Gasteiger partial charge in [-0.05, 0) is 74.9 Å². The maximum atomic E-state index is 12.3. The molecule has 0 aromatic heterocycles. The van der Waals surface area contributed by atoms with Crippen LogP contribution in [0.2, 0.25) is 0 Å². The predicted molar refractivity (Wildman–Crippen MR) is 88.5 cm³/mol. The summed E-state index contributed by atoms with van der Waals surface area (Å²) in [5, 5.41) is 0. The second kappa shape index (κ2) is 5.68. The van der Waals surface area contributed by atoms with Gasteiger partial charge in [-0.1, -0.05) is 6.07 Å². The van der Waals surface area contributed by atoms with Gasteiger partial charge < -0.3 is 5.73 Å². The molecular weight excluding hydrogens is 443 g/mol. The molecule has 0 saturated heterocycles. The lowest BCUT2D eigenvalue weighted by molar-refractivity contribution is 0.601. The Morgan fingerprint density at radius 3 is 2.58 bits per heavy atom. The minimum Gasteiger partial charge on any atom is -0.399 e. The van der Waals surface area contributed by atoms with Gasteiger partial charge in [0.05, 0.1) is 0 Å². The van der Waals surface area contributed by atoms with Crippen LogP contribution in [0.1, 0.15) is 0 Å². The number of benzene rings is 2. The van der Waals surface area contributed by atoms with E-state index in [1.54, 1.807) is 30.3 Å². The Balaban J connectivity index is 2.40. The van der Waals surface area contributed by atoms with E-state index < -0.39 is 10.0 Å². The number of halogens is 2. The van der Waals surface area contributed by atoms with Gasteiger partial charge in [-0.3, -0.25) is 4.72 Å². The van der Waals surface area contributed by atoms with Crippen LogP contribution in [0, 0.1) is 3.57 Å². The number of hydrogen-bond donors (Lipinski definition) is 2. The van der Waals surface area contributed by atoms with Crippen molar-refractivity contribution in [2.75, 3.05) is 10.5 Å². The lowest BCUT2D eigenvalue weighted by Gasteiger charge is -2.10. The lowest BCUT2D eigenvalue weighted by Crippen LogP contribution is -2.14. The molecule has 0 amide bonds. The molecular formula is C12H10BrIN2O2S. The van der Waals surface area contributed by atoms with Crippen LogP contribution in [0.5, 0.6) is 0 Å². The molecule has 3 N–H and O–H groups in total. The van der Waals surface area contributed by atoms with Gasteiger partial charge >= 0.3 is 0 Å². The maximum Gasteiger partial charge on any atom is 0.263 e. The van der Waals surface area contributed by atoms with Crippen molar-refractivity contribution in [3.8, 4) is 0 Å². The van der Waals surface area contributed by atoms with E-state index in [9.17, 15) is 8.42 Å². The topological polar surface area (TPSA) is 72.2 Å². The van der Waals surface area contributed by atoms with Crippen LogP contribution in [-0.4, -0.2) is 8.42 Å². The SMILES string of the molecule is Nc1ccc(Br)c(S(=O)(=O)Nc2cccc(I)c2)c1. The van der Waals surface area contributed by atoms with Crippen molar-refractivity contribution in [2.24, 2.45) is 0 Å². The molecule has 2 rings (SSSR count). The quantitative estimate of drug-likeness (QED) is 0.553. The van der Waals surface area contributed by atoms with Crippen LogP contribution in [0.25, 0.3) is 0 Å². The van der Waals surface area contributed by atoms with Gasteiger partial charge in [0.2, 0.25) is 0 Å². The number of nitrogen functional groups attached to an aromatic ring is 1. The second-order valence-electron chi connectivity index (χ2n) is 3.81. The number of nitrogens with two attached hydrogens (primary N) is 1. The van der Waals surface area contributed by atoms with E-state index >= 15 is 0 Å². The fourth-order valence-electron chi connectivity index (χ4n) is 1.49. The van der Waals surface area contributed by atoms with E-state index in [1.165, 1.54) is 6.07 Å². The largest absolute Gasteiger partial charge is 0.399 e. The standard InChI is InChI=1S/C12H10BrIN2O2S/c13-11-5-4-9(15)7-12(11)19(17,18)16-10-3-1-2-8(14)6-10/h1-7,16H,15H2. The summed E-state index contributed by atoms with van der Waals surface area (Å²) < 4.78 is 28.5. The maximum absolute atomic E-state index is 12.3. The first-order chi connectivity index (χ1) is 8.88. The molecule has 0 aliphatic carbocycles. The molecule has 4 nitrogen and oxygen atoms in total. The van der Waals surface area contributed by atoms with Crippen LogP contribution in [0.3, 0.4) is 0 Å². The van der Waals surface area contributed by atoms with Crippen LogP contribution in [0.15, 0.2) is 51.8 Å². The summed E-state index contributed by atoms with van der Waals surface area (Å²) in [7, 11) is -3.66. The minimum atomic E-state index is -3.66. The first kappa shape index (κ1) is 14.6. The van der Waals surface area contributed by atoms with E-state index in [0.29, 0.717) is 15.8 Å². The van der Waals surface area contributed by atoms with Crippen molar-refractivity contribution in [3.05, 3.63) is 50.5 Å². The van der Waals surface area contributed by atoms with Crippen molar-refractivity contribution in [1.82, 2.24) is 0 Å². The first-order valence-electron chi connectivity index (χ1n) is 5.22. The third kappa shape index (κ3) is 3.61. The summed E-state index contributed by atoms with van der Waals surface area (Å²) in [6, 6.07) is 11.8. The van der Waals surface area contributed by atoms with Gasteiger partial charge in [-0.15, -0.1) is 0 Å². The van der Waals surface area contributed by atoms with E-state index in [1.807, 2.05) is 6.07 Å². The summed E-state index contributed by atoms with van der Waals surface area (Å²) in [5.74, 6) is 0. The van der Waals surface area contributed by atoms with Gasteiger partial charge in [0.15, 0.2) is 0 Å². The second-order valence-corrected chi connectivity index (χ2v) is 7.56. The molecule has 0 aliphatic rings. The van der Waals surface area contributed by atoms with Crippen molar-refractivity contribution >= 4 is 59.9 Å². The molecule has 0 spiro atoms. The van der Waals surface area contributed by atoms with Gasteiger partial charge in [-0.25, -0.2) is 8.42 Å². The summed E-state index contributed by atoms with van der Waals surface area (Å²) in [5.41, 5.74) is 6.54. The van der Waals surface area contributed by atoms with E-state index in [4.69, 9.17) is 5.73 Å². The molecule has 0 saturated carbocycles. The molecule has 0 heterocycles. The molecule has 0 bridgehead atoms. The molecule has 19 heavy (non-hydrogen) atoms. The average molecular weight is 453 g/mol. The van der Waals surface area contributed by atoms with Crippen LogP contribution < -0.4 is 10.5 Å². The van der Waals surface area contributed by atoms with Gasteiger partial charge in [-0.2, -0.15) is 0 Å². The van der Waals surface area contributed by atoms with Crippen LogP contribution in [0.4, 0.5) is 11.4 Å². The molecule has 0 fully saturated rings. The third-order valence-corrected chi connectivity index (χ3v) is 5.37. The van der Waals surface area contributed by atoms with Crippen molar-refractivity contribution in [2.45, 2.75) is 4.90 Å². The minimum absolute atomic E-state index is 0.117. The summed E-state index contributed by atoms with van der Waals surface area (Å²) in [6.07, 6.45) is 0. The van der Waals surface area contributed by atoms with Gasteiger partial charge in [0.25, 0.3) is 10.0 Å². The number of sulfonamides is 1. The molecule has 100 valence electrons. The molecule has 2 aromatic carbocycles. The number of hydrogen-bond acceptors (Lipinski definition) is 3. The Bertz CT molecular complexity index is 719. The highest BCUT2D eigenvalue weighted by Crippen LogP contribution is 2.26. The van der Waals surface area contributed by atoms with Crippen LogP contribution >= 0.6 is 38.5 Å². The molecule has 0 radical (unpaired) electrons. The van der Waals surface area contributed by atoms with Gasteiger partial charge in [0, 0.05) is 19.4 Å². The van der Waals surface area contributed by atoms with Crippen molar-refractivity contribution < 1.29 is 8.42 Å². The highest BCUT2D eigenvalue weighted by atomic mass is 127. The third-order valence-electron chi connectivity index (χ3n) is 2.32. The Hall–Kier alpha value is -0.800. The summed E-state index contributed by atoms with van der Waals surface area (Å²) >= 11 is 5.34. The van der Waals surface area contributed by atoms with E-state index in [0.717, 1.165) is 3.57 Å². The predicted octanol–water partition coefficient (Wildman–Crippen LogP) is 3.44. The number of rotatable bonds is 3. The molecule has 0 atom stereocenters. The fourth-order valence-corrected chi connectivity index (χ4v) is 4.08. The van der Waals surface area contributed by atoms with Crippen molar-refractivity contribution in [1.29, 1.82) is 0 Å². The molecule has 7 heteroatoms. The fraction of sp³-hybridized carbons (Fsp3) is 0. The zero-order valence-electron chi connectivity index (χ0n) is 9.60. The van der Waals surface area contributed by atoms with E-state index in [-0.39, 0.29) is 4.90 Å². The van der Waals surface area contributed by atoms with Gasteiger partial charge in [0.1, 0.15) is 4.90 Å². The zero-order chi connectivity index (χ0) is 14.0. The number of anilines is 2. The summed E-state index contributed by atoms with van der Waals surface area (Å²) in [6.45, 7) is 0. The Labute approximate surface area is 133 Å². The highest BCUT2D eigenvalue weighted by molar-refractivity contribution is 14.1. The molecule has 0 aliphatic heterocycles. The Morgan fingerprint density at radius 2 is 1.89 bits per heavy atom. The number of nitrogens with one attached hydrogen (secondary N) is 1. The monoisotopic (exact) mass is 452 g/mol. The smallest absolute Gasteiger partial charge is 0.263 e. The Morgan fingerprint density at radius 1 is 1.16 bits per heavy atom. The normalized spacial score (nSPS) is 11.3. The van der Waals surface area contributed by atoms with Crippen molar-refractivity contribution in [3.63, 3.8) is 0 Å².